The fourth-order valence-electron chi connectivity index (χ4n) is 2.57. The molecule has 0 aliphatic carbocycles. The maximum absolute atomic E-state index is 14.5. The molecule has 0 aliphatic rings. The molecule has 0 heterocycles. The fourth-order valence-corrected chi connectivity index (χ4v) is 2.84. The van der Waals surface area contributed by atoms with Gasteiger partial charge >= 0.3 is 12.1 Å². The van der Waals surface area contributed by atoms with E-state index >= 15 is 0 Å². The predicted octanol–water partition coefficient (Wildman–Crippen LogP) is 4.95. The number of hydrogen-bond acceptors (Lipinski definition) is 2. The summed E-state index contributed by atoms with van der Waals surface area (Å²) >= 11 is 3.10. The molecule has 0 amide bonds. The van der Waals surface area contributed by atoms with E-state index in [-0.39, 0.29) is 5.69 Å². The van der Waals surface area contributed by atoms with Crippen molar-refractivity contribution in [2.24, 2.45) is 0 Å². The minimum absolute atomic E-state index is 0.0526. The number of para-hydroxylation sites is 1. The Balaban J connectivity index is 2.85. The third-order valence-electron chi connectivity index (χ3n) is 3.85. The molecule has 25 heavy (non-hydrogen) atoms. The Kier molecular flexibility index (Phi) is 5.16. The highest BCUT2D eigenvalue weighted by Crippen LogP contribution is 2.53. The van der Waals surface area contributed by atoms with Crippen molar-refractivity contribution in [2.75, 3.05) is 19.0 Å². The van der Waals surface area contributed by atoms with Crippen molar-refractivity contribution in [3.05, 3.63) is 64.1 Å². The van der Waals surface area contributed by atoms with Gasteiger partial charge in [0.15, 0.2) is 5.60 Å². The first-order valence-electron chi connectivity index (χ1n) is 7.12. The van der Waals surface area contributed by atoms with Crippen LogP contribution in [0.5, 0.6) is 0 Å². The number of alkyl halides is 5. The Hall–Kier alpha value is -1.67. The molecule has 1 N–H and O–H groups in total. The largest absolute Gasteiger partial charge is 0.457 e. The molecule has 1 atom stereocenters. The Labute approximate surface area is 150 Å². The molecule has 0 fully saturated rings. The van der Waals surface area contributed by atoms with Crippen LogP contribution in [0.25, 0.3) is 0 Å². The van der Waals surface area contributed by atoms with Crippen LogP contribution in [0.2, 0.25) is 0 Å². The molecule has 0 bridgehead atoms. The highest BCUT2D eigenvalue weighted by Gasteiger charge is 2.71. The number of anilines is 1. The van der Waals surface area contributed by atoms with E-state index in [0.717, 1.165) is 18.2 Å². The third-order valence-corrected chi connectivity index (χ3v) is 4.38. The predicted molar refractivity (Wildman–Crippen MR) is 88.9 cm³/mol. The molecule has 2 rings (SSSR count). The van der Waals surface area contributed by atoms with E-state index in [9.17, 15) is 27.1 Å². The van der Waals surface area contributed by atoms with Crippen molar-refractivity contribution in [1.29, 1.82) is 0 Å². The number of nitrogens with zero attached hydrogens (tertiary/aromatic N) is 1. The summed E-state index contributed by atoms with van der Waals surface area (Å²) in [4.78, 5) is 1.37. The molecular formula is C17H15BrF5NO. The second-order valence-electron chi connectivity index (χ2n) is 5.70. The van der Waals surface area contributed by atoms with E-state index in [1.165, 1.54) is 49.3 Å². The van der Waals surface area contributed by atoms with Crippen LogP contribution < -0.4 is 4.90 Å². The van der Waals surface area contributed by atoms with Gasteiger partial charge in [-0.25, -0.2) is 0 Å². The fraction of sp³-hybridized carbons (Fsp3) is 0.294. The molecule has 2 nitrogen and oxygen atoms in total. The first-order chi connectivity index (χ1) is 11.4. The second-order valence-corrected chi connectivity index (χ2v) is 6.62. The number of aliphatic hydroxyl groups is 1. The number of rotatable bonds is 4. The Bertz CT molecular complexity index is 745. The maximum atomic E-state index is 14.5. The summed E-state index contributed by atoms with van der Waals surface area (Å²) < 4.78 is 69.0. The van der Waals surface area contributed by atoms with E-state index in [4.69, 9.17) is 0 Å². The first-order valence-corrected chi connectivity index (χ1v) is 7.92. The van der Waals surface area contributed by atoms with Gasteiger partial charge in [-0.1, -0.05) is 46.3 Å². The van der Waals surface area contributed by atoms with E-state index in [2.05, 4.69) is 15.9 Å². The summed E-state index contributed by atoms with van der Waals surface area (Å²) in [6, 6.07) is 9.90. The second kappa shape index (κ2) is 6.57. The molecule has 0 saturated carbocycles. The zero-order valence-corrected chi connectivity index (χ0v) is 14.9. The molecule has 0 aromatic heterocycles. The van der Waals surface area contributed by atoms with Crippen LogP contribution in [0.3, 0.4) is 0 Å². The van der Waals surface area contributed by atoms with Crippen LogP contribution in [0.4, 0.5) is 27.6 Å². The van der Waals surface area contributed by atoms with Gasteiger partial charge < -0.3 is 10.0 Å². The highest BCUT2D eigenvalue weighted by molar-refractivity contribution is 9.10. The van der Waals surface area contributed by atoms with Gasteiger partial charge in [0.05, 0.1) is 0 Å². The van der Waals surface area contributed by atoms with Gasteiger partial charge in [-0.05, 0) is 23.8 Å². The summed E-state index contributed by atoms with van der Waals surface area (Å²) in [6.45, 7) is 0. The van der Waals surface area contributed by atoms with Crippen LogP contribution >= 0.6 is 15.9 Å². The van der Waals surface area contributed by atoms with Gasteiger partial charge in [-0.2, -0.15) is 22.0 Å². The average molecular weight is 424 g/mol. The monoisotopic (exact) mass is 423 g/mol. The van der Waals surface area contributed by atoms with Gasteiger partial charge in [0.1, 0.15) is 0 Å². The van der Waals surface area contributed by atoms with Gasteiger partial charge in [0.2, 0.25) is 0 Å². The average Bonchev–Trinajstić information content (AvgIpc) is 2.53. The highest BCUT2D eigenvalue weighted by atomic mass is 79.9. The molecule has 0 spiro atoms. The molecule has 8 heteroatoms. The van der Waals surface area contributed by atoms with Gasteiger partial charge in [-0.3, -0.25) is 0 Å². The minimum atomic E-state index is -5.95. The van der Waals surface area contributed by atoms with Gasteiger partial charge in [-0.15, -0.1) is 0 Å². The summed E-state index contributed by atoms with van der Waals surface area (Å²) in [5.74, 6) is -5.42. The van der Waals surface area contributed by atoms with Crippen molar-refractivity contribution in [1.82, 2.24) is 0 Å². The number of halogens is 6. The topological polar surface area (TPSA) is 23.5 Å². The molecule has 0 radical (unpaired) electrons. The zero-order chi connectivity index (χ0) is 19.0. The quantitative estimate of drug-likeness (QED) is 0.703. The standard InChI is InChI=1S/C17H15BrF5NO/c1-24(2)14-6-4-3-5-13(14)15(25,16(19,20)17(21,22)23)11-7-9-12(18)10-8-11/h3-10,25H,1-2H3. The Morgan fingerprint density at radius 3 is 1.88 bits per heavy atom. The lowest BCUT2D eigenvalue weighted by Crippen LogP contribution is -2.56. The van der Waals surface area contributed by atoms with Crippen molar-refractivity contribution < 1.29 is 27.1 Å². The lowest BCUT2D eigenvalue weighted by molar-refractivity contribution is -0.336. The van der Waals surface area contributed by atoms with E-state index < -0.39 is 28.8 Å². The van der Waals surface area contributed by atoms with Crippen LogP contribution in [0.1, 0.15) is 11.1 Å². The first kappa shape index (κ1) is 19.7. The van der Waals surface area contributed by atoms with Crippen molar-refractivity contribution in [3.8, 4) is 0 Å². The van der Waals surface area contributed by atoms with E-state index in [1.54, 1.807) is 0 Å². The Morgan fingerprint density at radius 2 is 1.40 bits per heavy atom. The van der Waals surface area contributed by atoms with Crippen molar-refractivity contribution in [3.63, 3.8) is 0 Å². The molecule has 2 aromatic rings. The summed E-state index contributed by atoms with van der Waals surface area (Å²) in [6.07, 6.45) is -5.95. The normalized spacial score (nSPS) is 14.9. The minimum Gasteiger partial charge on any atom is -0.377 e. The van der Waals surface area contributed by atoms with Crippen LogP contribution in [-0.4, -0.2) is 31.3 Å². The molecule has 136 valence electrons. The zero-order valence-electron chi connectivity index (χ0n) is 13.3. The SMILES string of the molecule is CN(C)c1ccccc1C(O)(c1ccc(Br)cc1)C(F)(F)C(F)(F)F. The van der Waals surface area contributed by atoms with Crippen molar-refractivity contribution in [2.45, 2.75) is 17.7 Å². The Morgan fingerprint density at radius 1 is 0.880 bits per heavy atom. The third kappa shape index (κ3) is 3.25. The molecular weight excluding hydrogens is 409 g/mol. The number of benzene rings is 2. The molecule has 0 saturated heterocycles. The van der Waals surface area contributed by atoms with Crippen LogP contribution in [-0.2, 0) is 5.60 Å². The molecule has 0 aliphatic heterocycles. The molecule has 2 aromatic carbocycles. The number of hydrogen-bond donors (Lipinski definition) is 1. The maximum Gasteiger partial charge on any atom is 0.457 e. The summed E-state index contributed by atoms with van der Waals surface area (Å²) in [5.41, 5.74) is -4.64. The lowest BCUT2D eigenvalue weighted by atomic mass is 9.79. The van der Waals surface area contributed by atoms with E-state index in [1.807, 2.05) is 0 Å². The van der Waals surface area contributed by atoms with Crippen LogP contribution in [0.15, 0.2) is 53.0 Å². The van der Waals surface area contributed by atoms with E-state index in [0.29, 0.717) is 4.47 Å². The van der Waals surface area contributed by atoms with Crippen molar-refractivity contribution >= 4 is 21.6 Å². The van der Waals surface area contributed by atoms with Gasteiger partial charge in [0, 0.05) is 29.8 Å². The molecule has 1 unspecified atom stereocenters. The summed E-state index contributed by atoms with van der Waals surface area (Å²) in [7, 11) is 2.99. The summed E-state index contributed by atoms with van der Waals surface area (Å²) in [5, 5.41) is 10.8. The lowest BCUT2D eigenvalue weighted by Gasteiger charge is -2.39. The smallest absolute Gasteiger partial charge is 0.377 e. The van der Waals surface area contributed by atoms with Gasteiger partial charge in [0.25, 0.3) is 0 Å². The van der Waals surface area contributed by atoms with Crippen LogP contribution in [0, 0.1) is 0 Å².